The number of methoxy groups -OCH3 is 1. The van der Waals surface area contributed by atoms with Crippen LogP contribution in [0.2, 0.25) is 0 Å². The van der Waals surface area contributed by atoms with Gasteiger partial charge in [0.25, 0.3) is 5.91 Å². The molecule has 2 aromatic carbocycles. The number of hydrogen-bond donors (Lipinski definition) is 3. The first-order valence-corrected chi connectivity index (χ1v) is 14.8. The van der Waals surface area contributed by atoms with Gasteiger partial charge in [0, 0.05) is 49.6 Å². The van der Waals surface area contributed by atoms with Gasteiger partial charge in [-0.25, -0.2) is 4.79 Å². The van der Waals surface area contributed by atoms with E-state index in [2.05, 4.69) is 31.8 Å². The van der Waals surface area contributed by atoms with Crippen LogP contribution in [0.5, 0.6) is 5.75 Å². The fourth-order valence-corrected chi connectivity index (χ4v) is 6.26. The lowest BCUT2D eigenvalue weighted by molar-refractivity contribution is 0.0928. The van der Waals surface area contributed by atoms with Crippen LogP contribution in [0.4, 0.5) is 21.9 Å². The first-order chi connectivity index (χ1) is 19.1. The van der Waals surface area contributed by atoms with Gasteiger partial charge < -0.3 is 30.5 Å². The quantitative estimate of drug-likeness (QED) is 0.435. The van der Waals surface area contributed by atoms with Crippen molar-refractivity contribution in [2.75, 3.05) is 48.4 Å². The zero-order valence-electron chi connectivity index (χ0n) is 23.2. The van der Waals surface area contributed by atoms with E-state index >= 15 is 0 Å². The third-order valence-corrected chi connectivity index (χ3v) is 8.43. The number of carbonyl (C=O) groups is 2. The molecule has 2 aliphatic carbocycles. The summed E-state index contributed by atoms with van der Waals surface area (Å²) in [4.78, 5) is 31.0. The first-order valence-electron chi connectivity index (χ1n) is 14.8. The summed E-state index contributed by atoms with van der Waals surface area (Å²) in [7, 11) is 1.71. The van der Waals surface area contributed by atoms with Crippen LogP contribution in [-0.4, -0.2) is 57.3 Å². The van der Waals surface area contributed by atoms with Gasteiger partial charge in [-0.3, -0.25) is 4.79 Å². The normalized spacial score (nSPS) is 18.9. The Hall–Kier alpha value is -3.42. The molecule has 2 aromatic rings. The number of urea groups is 1. The summed E-state index contributed by atoms with van der Waals surface area (Å²) in [5.41, 5.74) is 3.29. The summed E-state index contributed by atoms with van der Waals surface area (Å²) in [5.74, 6) is 0.820. The molecular formula is C31H43N5O3. The standard InChI is InChI=1S/C31H43N5O3/c1-39-29-15-9-8-14-28(29)36-20-18-35(19-21-36)27-17-16-25(34-31(38)33-24-12-6-3-7-13-24)22-26(27)30(37)32-23-10-4-2-5-11-23/h8-9,14-17,22-24H,2-7,10-13,18-21H2,1H3,(H,32,37)(H2,33,34,38). The van der Waals surface area contributed by atoms with Crippen LogP contribution in [0.1, 0.15) is 74.6 Å². The second kappa shape index (κ2) is 13.1. The maximum atomic E-state index is 13.6. The molecule has 1 saturated heterocycles. The Morgan fingerprint density at radius 1 is 0.744 bits per heavy atom. The predicted molar refractivity (Wildman–Crippen MR) is 157 cm³/mol. The monoisotopic (exact) mass is 533 g/mol. The van der Waals surface area contributed by atoms with Crippen molar-refractivity contribution in [3.05, 3.63) is 48.0 Å². The number of nitrogens with one attached hydrogen (secondary N) is 3. The molecule has 1 aliphatic heterocycles. The molecule has 0 spiro atoms. The summed E-state index contributed by atoms with van der Waals surface area (Å²) >= 11 is 0. The highest BCUT2D eigenvalue weighted by atomic mass is 16.5. The van der Waals surface area contributed by atoms with Gasteiger partial charge in [0.2, 0.25) is 0 Å². The Labute approximate surface area is 232 Å². The van der Waals surface area contributed by atoms with Crippen LogP contribution in [0.15, 0.2) is 42.5 Å². The van der Waals surface area contributed by atoms with E-state index in [1.165, 1.54) is 12.8 Å². The predicted octanol–water partition coefficient (Wildman–Crippen LogP) is 5.54. The number of carbonyl (C=O) groups excluding carboxylic acids is 2. The minimum Gasteiger partial charge on any atom is -0.495 e. The largest absolute Gasteiger partial charge is 0.495 e. The van der Waals surface area contributed by atoms with Crippen molar-refractivity contribution in [3.8, 4) is 5.75 Å². The molecule has 210 valence electrons. The Bertz CT molecular complexity index is 1120. The molecule has 3 aliphatic rings. The number of hydrogen-bond acceptors (Lipinski definition) is 5. The Morgan fingerprint density at radius 3 is 1.97 bits per heavy atom. The maximum Gasteiger partial charge on any atom is 0.319 e. The number of benzene rings is 2. The van der Waals surface area contributed by atoms with E-state index in [9.17, 15) is 9.59 Å². The van der Waals surface area contributed by atoms with Crippen LogP contribution >= 0.6 is 0 Å². The molecule has 8 heteroatoms. The minimum atomic E-state index is -0.196. The summed E-state index contributed by atoms with van der Waals surface area (Å²) in [6.45, 7) is 3.23. The van der Waals surface area contributed by atoms with Gasteiger partial charge in [-0.15, -0.1) is 0 Å². The lowest BCUT2D eigenvalue weighted by Gasteiger charge is -2.38. The Kier molecular flexibility index (Phi) is 9.12. The van der Waals surface area contributed by atoms with Crippen LogP contribution < -0.4 is 30.5 Å². The van der Waals surface area contributed by atoms with E-state index in [1.807, 2.05) is 36.4 Å². The average molecular weight is 534 g/mol. The van der Waals surface area contributed by atoms with Crippen molar-refractivity contribution >= 4 is 29.0 Å². The third kappa shape index (κ3) is 6.97. The number of rotatable bonds is 7. The third-order valence-electron chi connectivity index (χ3n) is 8.43. The van der Waals surface area contributed by atoms with Gasteiger partial charge >= 0.3 is 6.03 Å². The number of amides is 3. The van der Waals surface area contributed by atoms with Gasteiger partial charge in [-0.1, -0.05) is 50.7 Å². The molecule has 8 nitrogen and oxygen atoms in total. The summed E-state index contributed by atoms with van der Waals surface area (Å²) in [6, 6.07) is 14.1. The minimum absolute atomic E-state index is 0.0552. The zero-order valence-corrected chi connectivity index (χ0v) is 23.2. The van der Waals surface area contributed by atoms with Gasteiger partial charge in [-0.2, -0.15) is 0 Å². The van der Waals surface area contributed by atoms with Gasteiger partial charge in [-0.05, 0) is 56.0 Å². The number of anilines is 3. The highest BCUT2D eigenvalue weighted by Gasteiger charge is 2.25. The van der Waals surface area contributed by atoms with E-state index in [0.29, 0.717) is 11.3 Å². The second-order valence-corrected chi connectivity index (χ2v) is 11.1. The van der Waals surface area contributed by atoms with E-state index in [1.54, 1.807) is 7.11 Å². The van der Waals surface area contributed by atoms with Crippen molar-refractivity contribution in [1.82, 2.24) is 10.6 Å². The molecule has 3 fully saturated rings. The molecule has 1 heterocycles. The molecule has 3 N–H and O–H groups in total. The summed E-state index contributed by atoms with van der Waals surface area (Å²) in [5, 5.41) is 9.39. The van der Waals surface area contributed by atoms with Crippen molar-refractivity contribution < 1.29 is 14.3 Å². The molecule has 0 aromatic heterocycles. The van der Waals surface area contributed by atoms with E-state index in [0.717, 1.165) is 94.7 Å². The molecule has 0 bridgehead atoms. The smallest absolute Gasteiger partial charge is 0.319 e. The second-order valence-electron chi connectivity index (χ2n) is 11.1. The SMILES string of the molecule is COc1ccccc1N1CCN(c2ccc(NC(=O)NC3CCCCC3)cc2C(=O)NC2CCCCC2)CC1. The fourth-order valence-electron chi connectivity index (χ4n) is 6.26. The topological polar surface area (TPSA) is 85.9 Å². The molecular weight excluding hydrogens is 490 g/mol. The van der Waals surface area contributed by atoms with Crippen LogP contribution in [-0.2, 0) is 0 Å². The molecule has 0 atom stereocenters. The van der Waals surface area contributed by atoms with E-state index in [4.69, 9.17) is 4.74 Å². The first kappa shape index (κ1) is 27.2. The lowest BCUT2D eigenvalue weighted by Crippen LogP contribution is -2.47. The highest BCUT2D eigenvalue weighted by Crippen LogP contribution is 2.31. The average Bonchev–Trinajstić information content (AvgIpc) is 2.98. The highest BCUT2D eigenvalue weighted by molar-refractivity contribution is 6.02. The van der Waals surface area contributed by atoms with Crippen molar-refractivity contribution in [1.29, 1.82) is 0 Å². The van der Waals surface area contributed by atoms with E-state index < -0.39 is 0 Å². The number of para-hydroxylation sites is 2. The van der Waals surface area contributed by atoms with Gasteiger partial charge in [0.15, 0.2) is 0 Å². The fraction of sp³-hybridized carbons (Fsp3) is 0.548. The summed E-state index contributed by atoms with van der Waals surface area (Å²) < 4.78 is 5.58. The Balaban J connectivity index is 1.31. The molecule has 39 heavy (non-hydrogen) atoms. The Morgan fingerprint density at radius 2 is 1.33 bits per heavy atom. The van der Waals surface area contributed by atoms with E-state index in [-0.39, 0.29) is 24.0 Å². The number of ether oxygens (including phenoxy) is 1. The van der Waals surface area contributed by atoms with Crippen LogP contribution in [0, 0.1) is 0 Å². The van der Waals surface area contributed by atoms with Crippen molar-refractivity contribution in [2.24, 2.45) is 0 Å². The van der Waals surface area contributed by atoms with Crippen LogP contribution in [0.3, 0.4) is 0 Å². The zero-order chi connectivity index (χ0) is 27.0. The molecule has 3 amide bonds. The molecule has 2 saturated carbocycles. The van der Waals surface area contributed by atoms with Gasteiger partial charge in [0.05, 0.1) is 18.4 Å². The number of nitrogens with zero attached hydrogens (tertiary/aromatic N) is 2. The molecule has 0 radical (unpaired) electrons. The molecule has 5 rings (SSSR count). The van der Waals surface area contributed by atoms with Crippen LogP contribution in [0.25, 0.3) is 0 Å². The van der Waals surface area contributed by atoms with Gasteiger partial charge in [0.1, 0.15) is 5.75 Å². The number of piperazine rings is 1. The van der Waals surface area contributed by atoms with Crippen molar-refractivity contribution in [2.45, 2.75) is 76.3 Å². The molecule has 0 unspecified atom stereocenters. The lowest BCUT2D eigenvalue weighted by atomic mass is 9.95. The summed E-state index contributed by atoms with van der Waals surface area (Å²) in [6.07, 6.45) is 11.2. The maximum absolute atomic E-state index is 13.6. The van der Waals surface area contributed by atoms with Crippen molar-refractivity contribution in [3.63, 3.8) is 0 Å².